The first-order chi connectivity index (χ1) is 9.95. The molecule has 2 heterocycles. The van der Waals surface area contributed by atoms with Crippen LogP contribution in [0.1, 0.15) is 24.8 Å². The average Bonchev–Trinajstić information content (AvgIpc) is 2.69. The number of fused-ring (bicyclic) bond motifs is 2. The molecule has 0 aliphatic carbocycles. The van der Waals surface area contributed by atoms with Gasteiger partial charge in [0.1, 0.15) is 0 Å². The summed E-state index contributed by atoms with van der Waals surface area (Å²) in [5.74, 6) is 0. The van der Waals surface area contributed by atoms with Crippen molar-refractivity contribution in [3.63, 3.8) is 0 Å². The molecule has 2 aliphatic heterocycles. The van der Waals surface area contributed by atoms with Crippen molar-refractivity contribution in [2.75, 3.05) is 0 Å². The molecule has 0 aromatic heterocycles. The number of benzene rings is 1. The lowest BCUT2D eigenvalue weighted by atomic mass is 10.00. The summed E-state index contributed by atoms with van der Waals surface area (Å²) in [7, 11) is -1.26. The van der Waals surface area contributed by atoms with Gasteiger partial charge in [0.25, 0.3) is 0 Å². The summed E-state index contributed by atoms with van der Waals surface area (Å²) in [6.07, 6.45) is 6.41. The lowest BCUT2D eigenvalue weighted by Crippen LogP contribution is -2.39. The standard InChI is InChI=1S/C19H27NSi/c1-15(21(2,3)4)17-12-18-10-11-19(13-17)20(18)14-16-8-6-5-7-9-16/h5-9,12,18-19H,1,10-11,13-14H2,2-4H3. The summed E-state index contributed by atoms with van der Waals surface area (Å²) in [4.78, 5) is 2.70. The van der Waals surface area contributed by atoms with E-state index >= 15 is 0 Å². The van der Waals surface area contributed by atoms with Gasteiger partial charge in [-0.2, -0.15) is 0 Å². The van der Waals surface area contributed by atoms with Crippen molar-refractivity contribution < 1.29 is 0 Å². The van der Waals surface area contributed by atoms with E-state index in [1.807, 2.05) is 0 Å². The van der Waals surface area contributed by atoms with Gasteiger partial charge in [0.05, 0.1) is 8.07 Å². The zero-order valence-electron chi connectivity index (χ0n) is 13.6. The van der Waals surface area contributed by atoms with Gasteiger partial charge in [0, 0.05) is 18.6 Å². The zero-order chi connectivity index (χ0) is 15.0. The maximum absolute atomic E-state index is 4.43. The third kappa shape index (κ3) is 3.07. The molecule has 0 radical (unpaired) electrons. The topological polar surface area (TPSA) is 3.24 Å². The van der Waals surface area contributed by atoms with Gasteiger partial charge in [-0.1, -0.05) is 73.4 Å². The number of allylic oxidation sites excluding steroid dienone is 1. The van der Waals surface area contributed by atoms with Crippen LogP contribution in [0.4, 0.5) is 0 Å². The van der Waals surface area contributed by atoms with E-state index in [1.54, 1.807) is 5.57 Å². The first-order valence-corrected chi connectivity index (χ1v) is 11.7. The smallest absolute Gasteiger partial charge is 0.0771 e. The Labute approximate surface area is 130 Å². The van der Waals surface area contributed by atoms with E-state index < -0.39 is 8.07 Å². The van der Waals surface area contributed by atoms with Gasteiger partial charge >= 0.3 is 0 Å². The molecule has 0 N–H and O–H groups in total. The van der Waals surface area contributed by atoms with Crippen LogP contribution in [-0.4, -0.2) is 25.1 Å². The summed E-state index contributed by atoms with van der Waals surface area (Å²) in [6.45, 7) is 12.8. The first-order valence-electron chi connectivity index (χ1n) is 8.15. The van der Waals surface area contributed by atoms with Crippen LogP contribution >= 0.6 is 0 Å². The monoisotopic (exact) mass is 297 g/mol. The summed E-state index contributed by atoms with van der Waals surface area (Å²) in [5.41, 5.74) is 3.02. The molecular formula is C19H27NSi. The molecule has 2 bridgehead atoms. The quantitative estimate of drug-likeness (QED) is 0.723. The van der Waals surface area contributed by atoms with Crippen LogP contribution in [0.15, 0.2) is 53.8 Å². The van der Waals surface area contributed by atoms with Gasteiger partial charge in [-0.05, 0) is 24.8 Å². The summed E-state index contributed by atoms with van der Waals surface area (Å²) in [6, 6.07) is 12.3. The Morgan fingerprint density at radius 2 is 1.90 bits per heavy atom. The van der Waals surface area contributed by atoms with E-state index in [4.69, 9.17) is 0 Å². The minimum atomic E-state index is -1.26. The maximum Gasteiger partial charge on any atom is 0.0771 e. The third-order valence-corrected chi connectivity index (χ3v) is 7.17. The van der Waals surface area contributed by atoms with Gasteiger partial charge in [-0.15, -0.1) is 0 Å². The first kappa shape index (κ1) is 14.8. The summed E-state index contributed by atoms with van der Waals surface area (Å²) < 4.78 is 0. The Balaban J connectivity index is 1.77. The highest BCUT2D eigenvalue weighted by Crippen LogP contribution is 2.39. The molecule has 2 unspecified atom stereocenters. The molecule has 21 heavy (non-hydrogen) atoms. The largest absolute Gasteiger partial charge is 0.289 e. The second kappa shape index (κ2) is 5.58. The molecule has 0 spiro atoms. The van der Waals surface area contributed by atoms with Crippen molar-refractivity contribution in [1.29, 1.82) is 0 Å². The third-order valence-electron chi connectivity index (χ3n) is 5.04. The summed E-state index contributed by atoms with van der Waals surface area (Å²) in [5, 5.41) is 1.47. The predicted molar refractivity (Wildman–Crippen MR) is 94.0 cm³/mol. The molecule has 1 saturated heterocycles. The van der Waals surface area contributed by atoms with E-state index in [2.05, 4.69) is 67.5 Å². The van der Waals surface area contributed by atoms with E-state index in [1.165, 1.54) is 30.0 Å². The highest BCUT2D eigenvalue weighted by atomic mass is 28.3. The van der Waals surface area contributed by atoms with Crippen molar-refractivity contribution >= 4 is 8.07 Å². The van der Waals surface area contributed by atoms with Crippen LogP contribution in [0.25, 0.3) is 0 Å². The van der Waals surface area contributed by atoms with Crippen molar-refractivity contribution in [3.05, 3.63) is 59.3 Å². The Hall–Kier alpha value is -1.12. The molecule has 1 aromatic rings. The van der Waals surface area contributed by atoms with Gasteiger partial charge in [0.2, 0.25) is 0 Å². The summed E-state index contributed by atoms with van der Waals surface area (Å²) >= 11 is 0. The van der Waals surface area contributed by atoms with Crippen LogP contribution < -0.4 is 0 Å². The molecule has 1 aromatic carbocycles. The predicted octanol–water partition coefficient (Wildman–Crippen LogP) is 4.78. The molecule has 112 valence electrons. The highest BCUT2D eigenvalue weighted by molar-refractivity contribution is 6.83. The van der Waals surface area contributed by atoms with Crippen molar-refractivity contribution in [2.24, 2.45) is 0 Å². The second-order valence-corrected chi connectivity index (χ2v) is 12.7. The Kier molecular flexibility index (Phi) is 3.93. The molecule has 1 fully saturated rings. The van der Waals surface area contributed by atoms with E-state index in [0.717, 1.165) is 12.6 Å². The minimum absolute atomic E-state index is 0.632. The van der Waals surface area contributed by atoms with Crippen molar-refractivity contribution in [3.8, 4) is 0 Å². The molecule has 0 amide bonds. The zero-order valence-corrected chi connectivity index (χ0v) is 14.6. The van der Waals surface area contributed by atoms with E-state index in [0.29, 0.717) is 6.04 Å². The normalized spacial score (nSPS) is 25.8. The SMILES string of the molecule is C=C(C1=CC2CCC(C1)N2Cc1ccccc1)[Si](C)(C)C. The molecular weight excluding hydrogens is 270 g/mol. The number of hydrogen-bond donors (Lipinski definition) is 0. The fourth-order valence-corrected chi connectivity index (χ4v) is 4.81. The van der Waals surface area contributed by atoms with Gasteiger partial charge in [0.15, 0.2) is 0 Å². The van der Waals surface area contributed by atoms with Crippen LogP contribution in [0.3, 0.4) is 0 Å². The lowest BCUT2D eigenvalue weighted by Gasteiger charge is -2.36. The Morgan fingerprint density at radius 1 is 1.19 bits per heavy atom. The fourth-order valence-electron chi connectivity index (χ4n) is 3.66. The van der Waals surface area contributed by atoms with Crippen LogP contribution in [0, 0.1) is 0 Å². The number of rotatable bonds is 4. The average molecular weight is 298 g/mol. The molecule has 2 aliphatic rings. The molecule has 3 rings (SSSR count). The fraction of sp³-hybridized carbons (Fsp3) is 0.474. The molecule has 1 nitrogen and oxygen atoms in total. The molecule has 0 saturated carbocycles. The minimum Gasteiger partial charge on any atom is -0.289 e. The molecule has 2 atom stereocenters. The Morgan fingerprint density at radius 3 is 2.52 bits per heavy atom. The Bertz CT molecular complexity index is 553. The van der Waals surface area contributed by atoms with Gasteiger partial charge < -0.3 is 0 Å². The lowest BCUT2D eigenvalue weighted by molar-refractivity contribution is 0.197. The molecule has 2 heteroatoms. The maximum atomic E-state index is 4.43. The number of hydrogen-bond acceptors (Lipinski definition) is 1. The van der Waals surface area contributed by atoms with Crippen molar-refractivity contribution in [2.45, 2.75) is 57.5 Å². The van der Waals surface area contributed by atoms with Crippen LogP contribution in [0.5, 0.6) is 0 Å². The highest BCUT2D eigenvalue weighted by Gasteiger charge is 2.38. The second-order valence-electron chi connectivity index (χ2n) is 7.58. The van der Waals surface area contributed by atoms with E-state index in [9.17, 15) is 0 Å². The van der Waals surface area contributed by atoms with Gasteiger partial charge in [-0.25, -0.2) is 0 Å². The van der Waals surface area contributed by atoms with Gasteiger partial charge in [-0.3, -0.25) is 4.90 Å². The van der Waals surface area contributed by atoms with Crippen LogP contribution in [-0.2, 0) is 6.54 Å². The van der Waals surface area contributed by atoms with Crippen LogP contribution in [0.2, 0.25) is 19.6 Å². The van der Waals surface area contributed by atoms with Crippen molar-refractivity contribution in [1.82, 2.24) is 4.90 Å². The van der Waals surface area contributed by atoms with E-state index in [-0.39, 0.29) is 0 Å². The number of nitrogens with zero attached hydrogens (tertiary/aromatic N) is 1.